The first-order chi connectivity index (χ1) is 5.19. The minimum atomic E-state index is -4.05. The maximum atomic E-state index is 10.9. The monoisotopic (exact) mass is 216 g/mol. The summed E-state index contributed by atoms with van der Waals surface area (Å²) in [6.45, 7) is 1.71. The van der Waals surface area contributed by atoms with Crippen molar-refractivity contribution in [2.75, 3.05) is 0 Å². The molecular formula is C4H14N2O4P2. The molecule has 0 heterocycles. The molecule has 0 radical (unpaired) electrons. The van der Waals surface area contributed by atoms with Crippen LogP contribution >= 0.6 is 15.0 Å². The van der Waals surface area contributed by atoms with E-state index >= 15 is 0 Å². The fourth-order valence-corrected chi connectivity index (χ4v) is 4.02. The molecular weight excluding hydrogens is 202 g/mol. The molecule has 2 atom stereocenters. The van der Waals surface area contributed by atoms with Crippen LogP contribution in [0, 0.1) is 0 Å². The Balaban J connectivity index is 4.70. The first-order valence-corrected chi connectivity index (χ1v) is 7.01. The van der Waals surface area contributed by atoms with Crippen molar-refractivity contribution in [2.24, 2.45) is 11.0 Å². The highest BCUT2D eigenvalue weighted by Crippen LogP contribution is 2.57. The molecule has 0 rings (SSSR count). The average Bonchev–Trinajstić information content (AvgIpc) is 1.77. The summed E-state index contributed by atoms with van der Waals surface area (Å²) < 4.78 is 21.7. The molecule has 6 nitrogen and oxygen atoms in total. The van der Waals surface area contributed by atoms with Crippen LogP contribution < -0.4 is 11.0 Å². The Hall–Kier alpha value is 0.300. The molecule has 0 saturated carbocycles. The van der Waals surface area contributed by atoms with Crippen LogP contribution in [-0.4, -0.2) is 15.2 Å². The minimum absolute atomic E-state index is 0.0779. The van der Waals surface area contributed by atoms with Gasteiger partial charge in [-0.05, 0) is 6.42 Å². The molecule has 0 saturated heterocycles. The molecule has 74 valence electrons. The molecule has 0 fully saturated rings. The van der Waals surface area contributed by atoms with Crippen molar-refractivity contribution < 1.29 is 18.9 Å². The fourth-order valence-electron chi connectivity index (χ4n) is 0.865. The molecule has 0 aromatic carbocycles. The molecule has 6 N–H and O–H groups in total. The summed E-state index contributed by atoms with van der Waals surface area (Å²) in [5.74, 6) is 0. The molecule has 0 aromatic rings. The molecule has 2 unspecified atom stereocenters. The quantitative estimate of drug-likeness (QED) is 0.504. The van der Waals surface area contributed by atoms with Gasteiger partial charge in [0, 0.05) is 0 Å². The van der Waals surface area contributed by atoms with E-state index < -0.39 is 20.4 Å². The predicted octanol–water partition coefficient (Wildman–Crippen LogP) is 0.401. The van der Waals surface area contributed by atoms with Gasteiger partial charge in [-0.3, -0.25) is 20.1 Å². The van der Waals surface area contributed by atoms with E-state index in [-0.39, 0.29) is 6.42 Å². The first-order valence-electron chi connectivity index (χ1n) is 3.41. The second kappa shape index (κ2) is 4.01. The van der Waals surface area contributed by atoms with E-state index in [4.69, 9.17) is 20.8 Å². The number of hydrogen-bond donors (Lipinski definition) is 4. The average molecular weight is 216 g/mol. The Bertz CT molecular complexity index is 209. The lowest BCUT2D eigenvalue weighted by Crippen LogP contribution is -2.18. The van der Waals surface area contributed by atoms with Gasteiger partial charge < -0.3 is 9.79 Å². The maximum Gasteiger partial charge on any atom is 0.278 e. The highest BCUT2D eigenvalue weighted by atomic mass is 31.2. The topological polar surface area (TPSA) is 127 Å². The van der Waals surface area contributed by atoms with E-state index in [9.17, 15) is 9.13 Å². The van der Waals surface area contributed by atoms with Crippen molar-refractivity contribution >= 4 is 15.0 Å². The summed E-state index contributed by atoms with van der Waals surface area (Å²) in [5.41, 5.74) is 9.70. The highest BCUT2D eigenvalue weighted by molar-refractivity contribution is 7.74. The normalized spacial score (nSPS) is 24.1. The van der Waals surface area contributed by atoms with Crippen LogP contribution in [0.15, 0.2) is 0 Å². The second-order valence-corrected chi connectivity index (χ2v) is 6.96. The van der Waals surface area contributed by atoms with Gasteiger partial charge in [-0.25, -0.2) is 0 Å². The lowest BCUT2D eigenvalue weighted by atomic mass is 10.4. The molecule has 0 bridgehead atoms. The molecule has 12 heavy (non-hydrogen) atoms. The van der Waals surface area contributed by atoms with Crippen molar-refractivity contribution in [2.45, 2.75) is 25.2 Å². The van der Waals surface area contributed by atoms with Crippen LogP contribution in [0.5, 0.6) is 0 Å². The summed E-state index contributed by atoms with van der Waals surface area (Å²) in [6.07, 6.45) is 0.558. The third-order valence-electron chi connectivity index (χ3n) is 1.40. The summed E-state index contributed by atoms with van der Waals surface area (Å²) in [5, 5.41) is -1.39. The highest BCUT2D eigenvalue weighted by Gasteiger charge is 2.38. The summed E-state index contributed by atoms with van der Waals surface area (Å²) in [6, 6.07) is 0. The van der Waals surface area contributed by atoms with Crippen LogP contribution in [0.3, 0.4) is 0 Å². The van der Waals surface area contributed by atoms with E-state index in [1.807, 2.05) is 0 Å². The second-order valence-electron chi connectivity index (χ2n) is 2.61. The van der Waals surface area contributed by atoms with Crippen LogP contribution in [0.25, 0.3) is 0 Å². The SMILES string of the molecule is CCCC(P(N)(=O)O)P(N)(=O)O. The summed E-state index contributed by atoms with van der Waals surface area (Å²) in [4.78, 5) is 17.7. The van der Waals surface area contributed by atoms with Crippen LogP contribution in [0.1, 0.15) is 19.8 Å². The summed E-state index contributed by atoms with van der Waals surface area (Å²) in [7, 11) is -8.10. The van der Waals surface area contributed by atoms with E-state index in [1.165, 1.54) is 0 Å². The number of hydrogen-bond acceptors (Lipinski definition) is 2. The Labute approximate surface area is 71.0 Å². The molecule has 0 aliphatic rings. The molecule has 0 aliphatic carbocycles. The molecule has 8 heteroatoms. The van der Waals surface area contributed by atoms with Crippen molar-refractivity contribution in [3.8, 4) is 0 Å². The van der Waals surface area contributed by atoms with Crippen LogP contribution in [-0.2, 0) is 9.13 Å². The van der Waals surface area contributed by atoms with Crippen molar-refractivity contribution in [1.82, 2.24) is 0 Å². The zero-order valence-corrected chi connectivity index (χ0v) is 8.54. The molecule has 0 amide bonds. The van der Waals surface area contributed by atoms with Gasteiger partial charge in [0.15, 0.2) is 0 Å². The Kier molecular flexibility index (Phi) is 4.11. The van der Waals surface area contributed by atoms with Crippen molar-refractivity contribution in [1.29, 1.82) is 0 Å². The third-order valence-corrected chi connectivity index (χ3v) is 5.61. The first kappa shape index (κ1) is 12.3. The van der Waals surface area contributed by atoms with Gasteiger partial charge >= 0.3 is 0 Å². The van der Waals surface area contributed by atoms with Gasteiger partial charge in [-0.2, -0.15) is 0 Å². The van der Waals surface area contributed by atoms with Gasteiger partial charge in [-0.1, -0.05) is 13.3 Å². The van der Waals surface area contributed by atoms with Crippen molar-refractivity contribution in [3.63, 3.8) is 0 Å². The van der Waals surface area contributed by atoms with Gasteiger partial charge in [-0.15, -0.1) is 0 Å². The van der Waals surface area contributed by atoms with E-state index in [1.54, 1.807) is 6.92 Å². The van der Waals surface area contributed by atoms with Gasteiger partial charge in [0.05, 0.1) is 0 Å². The lowest BCUT2D eigenvalue weighted by molar-refractivity contribution is 0.445. The van der Waals surface area contributed by atoms with E-state index in [2.05, 4.69) is 0 Å². The largest absolute Gasteiger partial charge is 0.333 e. The smallest absolute Gasteiger partial charge is 0.278 e. The summed E-state index contributed by atoms with van der Waals surface area (Å²) >= 11 is 0. The van der Waals surface area contributed by atoms with Gasteiger partial charge in [0.1, 0.15) is 5.40 Å². The van der Waals surface area contributed by atoms with Crippen LogP contribution in [0.4, 0.5) is 0 Å². The third kappa shape index (κ3) is 3.81. The molecule has 0 aromatic heterocycles. The number of rotatable bonds is 4. The Morgan fingerprint density at radius 2 is 1.58 bits per heavy atom. The van der Waals surface area contributed by atoms with Crippen LogP contribution in [0.2, 0.25) is 0 Å². The Morgan fingerprint density at radius 1 is 1.25 bits per heavy atom. The zero-order chi connectivity index (χ0) is 9.99. The lowest BCUT2D eigenvalue weighted by Gasteiger charge is -2.20. The van der Waals surface area contributed by atoms with E-state index in [0.29, 0.717) is 6.42 Å². The van der Waals surface area contributed by atoms with Gasteiger partial charge in [0.25, 0.3) is 15.0 Å². The Morgan fingerprint density at radius 3 is 1.67 bits per heavy atom. The number of nitrogens with two attached hydrogens (primary N) is 2. The fraction of sp³-hybridized carbons (Fsp3) is 1.00. The zero-order valence-electron chi connectivity index (χ0n) is 6.75. The molecule has 0 aliphatic heterocycles. The minimum Gasteiger partial charge on any atom is -0.333 e. The van der Waals surface area contributed by atoms with E-state index in [0.717, 1.165) is 0 Å². The van der Waals surface area contributed by atoms with Gasteiger partial charge in [0.2, 0.25) is 0 Å². The maximum absolute atomic E-state index is 10.9. The standard InChI is InChI=1S/C4H14N2O4P2/c1-2-3-4(11(5,7)8)12(6,9)10/h4H,2-3H2,1H3,(H3,5,7,8)(H3,6,9,10). The van der Waals surface area contributed by atoms with Crippen molar-refractivity contribution in [3.05, 3.63) is 0 Å². The molecule has 0 spiro atoms. The predicted molar refractivity (Wildman–Crippen MR) is 46.7 cm³/mol.